The molecule has 0 saturated carbocycles. The first-order valence-corrected chi connectivity index (χ1v) is 0.471. The fraction of sp³-hybridized carbons (Fsp3) is 0. The van der Waals surface area contributed by atoms with Gasteiger partial charge in [0.1, 0.15) is 0 Å². The van der Waals surface area contributed by atoms with E-state index in [2.05, 4.69) is 0 Å². The molecule has 2 nitrogen and oxygen atoms in total. The summed E-state index contributed by atoms with van der Waals surface area (Å²) in [5, 5.41) is 8.25. The van der Waals surface area contributed by atoms with Gasteiger partial charge in [0.2, 0.25) is 0 Å². The molecule has 0 bridgehead atoms. The molecule has 0 saturated heterocycles. The SMILES string of the molecule is O=[13CH][O-].[K+]. The Labute approximate surface area is 66.6 Å². The van der Waals surface area contributed by atoms with Gasteiger partial charge in [0.05, 0.1) is 0 Å². The van der Waals surface area contributed by atoms with Crippen molar-refractivity contribution in [3.63, 3.8) is 0 Å². The number of carboxylic acid groups (broad SMARTS) is 1. The van der Waals surface area contributed by atoms with Crippen LogP contribution in [0.2, 0.25) is 0 Å². The minimum Gasteiger partial charge on any atom is -0.554 e. The zero-order valence-electron chi connectivity index (χ0n) is 2.39. The zero-order chi connectivity index (χ0) is 2.71. The van der Waals surface area contributed by atoms with Crippen molar-refractivity contribution in [3.05, 3.63) is 0 Å². The fourth-order valence-electron chi connectivity index (χ4n) is 0. The molecule has 0 fully saturated rings. The normalized spacial score (nSPS) is 3.00. The third kappa shape index (κ3) is 11.3. The van der Waals surface area contributed by atoms with E-state index in [9.17, 15) is 0 Å². The smallest absolute Gasteiger partial charge is 0.554 e. The van der Waals surface area contributed by atoms with Crippen molar-refractivity contribution in [2.24, 2.45) is 0 Å². The van der Waals surface area contributed by atoms with E-state index < -0.39 is 6.47 Å². The van der Waals surface area contributed by atoms with E-state index in [-0.39, 0.29) is 51.4 Å². The summed E-state index contributed by atoms with van der Waals surface area (Å²) in [6, 6.07) is 0. The van der Waals surface area contributed by atoms with E-state index in [1.54, 1.807) is 0 Å². The molecule has 0 radical (unpaired) electrons. The molecule has 0 heterocycles. The molecule has 0 aromatic carbocycles. The Kier molecular flexibility index (Phi) is 19.9. The summed E-state index contributed by atoms with van der Waals surface area (Å²) in [5.41, 5.74) is 0. The number of carbonyl (C=O) groups excluding carboxylic acids is 1. The number of carbonyl (C=O) groups is 1. The summed E-state index contributed by atoms with van der Waals surface area (Å²) in [4.78, 5) is 8.25. The molecule has 0 aliphatic rings. The maximum absolute atomic E-state index is 8.25. The number of hydrogen-bond donors (Lipinski definition) is 0. The molecule has 3 heteroatoms. The Morgan fingerprint density at radius 2 is 1.75 bits per heavy atom. The van der Waals surface area contributed by atoms with Gasteiger partial charge in [-0.3, -0.25) is 0 Å². The standard InChI is InChI=1S/CH2O2.K/c2-1-3;/h1H,(H,2,3);/q;+1/p-1/i1+1;. The number of hydrogen-bond acceptors (Lipinski definition) is 2. The summed E-state index contributed by atoms with van der Waals surface area (Å²) in [5.74, 6) is 0. The van der Waals surface area contributed by atoms with Crippen molar-refractivity contribution in [1.29, 1.82) is 0 Å². The van der Waals surface area contributed by atoms with E-state index in [0.717, 1.165) is 0 Å². The first-order valence-electron chi connectivity index (χ1n) is 0.471. The largest absolute Gasteiger partial charge is 1.00 e. The van der Waals surface area contributed by atoms with Crippen molar-refractivity contribution in [2.45, 2.75) is 0 Å². The second-order valence-corrected chi connectivity index (χ2v) is 0.0962. The molecule has 0 aromatic heterocycles. The quantitative estimate of drug-likeness (QED) is 0.169. The maximum atomic E-state index is 8.25. The van der Waals surface area contributed by atoms with Crippen molar-refractivity contribution in [2.75, 3.05) is 0 Å². The van der Waals surface area contributed by atoms with Crippen molar-refractivity contribution in [3.8, 4) is 0 Å². The minimum atomic E-state index is -0.500. The molecule has 0 aliphatic carbocycles. The molecule has 0 amide bonds. The first kappa shape index (κ1) is 8.92. The average molecular weight is 85.1 g/mol. The Balaban J connectivity index is 0. The van der Waals surface area contributed by atoms with Crippen LogP contribution in [0.3, 0.4) is 0 Å². The van der Waals surface area contributed by atoms with Gasteiger partial charge < -0.3 is 9.90 Å². The van der Waals surface area contributed by atoms with Gasteiger partial charge in [-0.1, -0.05) is 0 Å². The molecule has 0 aromatic rings. The third-order valence-electron chi connectivity index (χ3n) is 0. The first-order chi connectivity index (χ1) is 1.41. The van der Waals surface area contributed by atoms with Gasteiger partial charge in [-0.2, -0.15) is 0 Å². The van der Waals surface area contributed by atoms with Crippen LogP contribution < -0.4 is 56.5 Å². The number of rotatable bonds is 0. The van der Waals surface area contributed by atoms with Crippen LogP contribution >= 0.6 is 0 Å². The summed E-state index contributed by atoms with van der Waals surface area (Å²) in [6.07, 6.45) is 0. The molecule has 0 N–H and O–H groups in total. The van der Waals surface area contributed by atoms with Crippen LogP contribution in [0.1, 0.15) is 0 Å². The van der Waals surface area contributed by atoms with Crippen molar-refractivity contribution >= 4 is 6.47 Å². The Hall–Kier alpha value is 1.11. The molecule has 18 valence electrons. The zero-order valence-corrected chi connectivity index (χ0v) is 5.52. The van der Waals surface area contributed by atoms with E-state index in [4.69, 9.17) is 9.90 Å². The third-order valence-corrected chi connectivity index (χ3v) is 0. The van der Waals surface area contributed by atoms with Gasteiger partial charge in [0, 0.05) is 6.47 Å². The topological polar surface area (TPSA) is 40.1 Å². The van der Waals surface area contributed by atoms with E-state index in [0.29, 0.717) is 0 Å². The average Bonchev–Trinajstić information content (AvgIpc) is 0.918. The Morgan fingerprint density at radius 3 is 1.75 bits per heavy atom. The van der Waals surface area contributed by atoms with Gasteiger partial charge in [0.15, 0.2) is 0 Å². The maximum Gasteiger partial charge on any atom is 1.00 e. The van der Waals surface area contributed by atoms with Crippen LogP contribution in [0, 0.1) is 0 Å². The summed E-state index contributed by atoms with van der Waals surface area (Å²) >= 11 is 0. The molecule has 0 atom stereocenters. The minimum absolute atomic E-state index is 0. The molecule has 0 spiro atoms. The summed E-state index contributed by atoms with van der Waals surface area (Å²) in [6.45, 7) is -0.500. The van der Waals surface area contributed by atoms with Crippen LogP contribution in [0.4, 0.5) is 0 Å². The van der Waals surface area contributed by atoms with Crippen LogP contribution in [-0.2, 0) is 4.79 Å². The second kappa shape index (κ2) is 8.93. The molecular formula is CHKO2. The molecular weight excluding hydrogens is 84.1 g/mol. The van der Waals surface area contributed by atoms with Gasteiger partial charge in [-0.15, -0.1) is 0 Å². The summed E-state index contributed by atoms with van der Waals surface area (Å²) in [7, 11) is 0. The van der Waals surface area contributed by atoms with Crippen molar-refractivity contribution < 1.29 is 61.3 Å². The van der Waals surface area contributed by atoms with Crippen LogP contribution in [-0.4, -0.2) is 6.47 Å². The van der Waals surface area contributed by atoms with Crippen LogP contribution in [0.15, 0.2) is 0 Å². The van der Waals surface area contributed by atoms with Crippen LogP contribution in [0.5, 0.6) is 0 Å². The summed E-state index contributed by atoms with van der Waals surface area (Å²) < 4.78 is 0. The monoisotopic (exact) mass is 85.0 g/mol. The van der Waals surface area contributed by atoms with Crippen LogP contribution in [0.25, 0.3) is 0 Å². The van der Waals surface area contributed by atoms with E-state index in [1.165, 1.54) is 0 Å². The van der Waals surface area contributed by atoms with E-state index >= 15 is 0 Å². The van der Waals surface area contributed by atoms with Gasteiger partial charge >= 0.3 is 51.4 Å². The predicted octanol–water partition coefficient (Wildman–Crippen LogP) is -4.63. The van der Waals surface area contributed by atoms with Gasteiger partial charge in [0.25, 0.3) is 0 Å². The molecule has 0 aliphatic heterocycles. The Bertz CT molecular complexity index is 13.5. The molecule has 4 heavy (non-hydrogen) atoms. The van der Waals surface area contributed by atoms with Gasteiger partial charge in [-0.25, -0.2) is 0 Å². The predicted molar refractivity (Wildman–Crippen MR) is 6.06 cm³/mol. The molecule has 0 rings (SSSR count). The second-order valence-electron chi connectivity index (χ2n) is 0.0962. The fourth-order valence-corrected chi connectivity index (χ4v) is 0. The van der Waals surface area contributed by atoms with Crippen molar-refractivity contribution in [1.82, 2.24) is 0 Å². The van der Waals surface area contributed by atoms with E-state index in [1.807, 2.05) is 0 Å². The van der Waals surface area contributed by atoms with Gasteiger partial charge in [-0.05, 0) is 0 Å². The Morgan fingerprint density at radius 1 is 1.75 bits per heavy atom. The molecule has 0 unspecified atom stereocenters.